The standard InChI is InChI=1S/C22H45N3/c1-2-3-4-5-6-7-8-9-10-11-12-13-14-15-16-20-25-21-19-24-22(25)17-18-23/h16,20,22,24H,2-15,17-19,21,23H2,1H3. The lowest BCUT2D eigenvalue weighted by molar-refractivity contribution is 0.315. The summed E-state index contributed by atoms with van der Waals surface area (Å²) in [7, 11) is 0. The van der Waals surface area contributed by atoms with Crippen molar-refractivity contribution in [2.75, 3.05) is 19.6 Å². The third-order valence-corrected chi connectivity index (χ3v) is 5.36. The molecule has 0 bridgehead atoms. The van der Waals surface area contributed by atoms with Crippen LogP contribution in [0.5, 0.6) is 0 Å². The zero-order chi connectivity index (χ0) is 18.0. The Morgan fingerprint density at radius 1 is 0.880 bits per heavy atom. The molecular weight excluding hydrogens is 306 g/mol. The summed E-state index contributed by atoms with van der Waals surface area (Å²) in [5, 5.41) is 3.50. The van der Waals surface area contributed by atoms with E-state index in [0.29, 0.717) is 6.17 Å². The van der Waals surface area contributed by atoms with Crippen molar-refractivity contribution in [1.82, 2.24) is 10.2 Å². The molecule has 0 saturated carbocycles. The number of hydrogen-bond donors (Lipinski definition) is 2. The van der Waals surface area contributed by atoms with Crippen LogP contribution in [0.1, 0.15) is 103 Å². The highest BCUT2D eigenvalue weighted by atomic mass is 15.3. The van der Waals surface area contributed by atoms with Crippen molar-refractivity contribution in [2.45, 2.75) is 109 Å². The summed E-state index contributed by atoms with van der Waals surface area (Å²) < 4.78 is 0. The van der Waals surface area contributed by atoms with E-state index in [9.17, 15) is 0 Å². The van der Waals surface area contributed by atoms with E-state index < -0.39 is 0 Å². The van der Waals surface area contributed by atoms with Gasteiger partial charge in [-0.1, -0.05) is 90.0 Å². The lowest BCUT2D eigenvalue weighted by Crippen LogP contribution is -2.34. The Kier molecular flexibility index (Phi) is 15.2. The molecule has 0 spiro atoms. The minimum atomic E-state index is 0.466. The quantitative estimate of drug-likeness (QED) is 0.337. The van der Waals surface area contributed by atoms with Crippen LogP contribution in [0.3, 0.4) is 0 Å². The van der Waals surface area contributed by atoms with Gasteiger partial charge in [0.1, 0.15) is 0 Å². The molecule has 0 amide bonds. The Labute approximate surface area is 157 Å². The van der Waals surface area contributed by atoms with Crippen molar-refractivity contribution < 1.29 is 0 Å². The monoisotopic (exact) mass is 351 g/mol. The van der Waals surface area contributed by atoms with Gasteiger partial charge in [0, 0.05) is 13.1 Å². The molecule has 0 aromatic heterocycles. The fraction of sp³-hybridized carbons (Fsp3) is 0.909. The molecule has 25 heavy (non-hydrogen) atoms. The summed E-state index contributed by atoms with van der Waals surface area (Å²) in [5.74, 6) is 0. The molecule has 0 aromatic rings. The van der Waals surface area contributed by atoms with Crippen molar-refractivity contribution in [3.05, 3.63) is 12.3 Å². The molecule has 3 nitrogen and oxygen atoms in total. The first kappa shape index (κ1) is 22.5. The van der Waals surface area contributed by atoms with E-state index in [1.165, 1.54) is 89.9 Å². The topological polar surface area (TPSA) is 41.3 Å². The number of allylic oxidation sites excluding steroid dienone is 1. The van der Waals surface area contributed by atoms with Gasteiger partial charge >= 0.3 is 0 Å². The maximum absolute atomic E-state index is 5.67. The van der Waals surface area contributed by atoms with Gasteiger partial charge in [0.2, 0.25) is 0 Å². The summed E-state index contributed by atoms with van der Waals surface area (Å²) in [6.45, 7) is 5.27. The first-order valence-corrected chi connectivity index (χ1v) is 11.2. The van der Waals surface area contributed by atoms with Gasteiger partial charge in [0.05, 0.1) is 6.17 Å². The van der Waals surface area contributed by atoms with Crippen LogP contribution in [-0.2, 0) is 0 Å². The van der Waals surface area contributed by atoms with E-state index in [0.717, 1.165) is 26.1 Å². The van der Waals surface area contributed by atoms with E-state index in [-0.39, 0.29) is 0 Å². The predicted molar refractivity (Wildman–Crippen MR) is 112 cm³/mol. The number of nitrogens with one attached hydrogen (secondary N) is 1. The second kappa shape index (κ2) is 16.9. The van der Waals surface area contributed by atoms with Crippen LogP contribution in [0.15, 0.2) is 12.3 Å². The zero-order valence-corrected chi connectivity index (χ0v) is 17.0. The molecular formula is C22H45N3. The second-order valence-corrected chi connectivity index (χ2v) is 7.70. The highest BCUT2D eigenvalue weighted by molar-refractivity contribution is 4.90. The Hall–Kier alpha value is -0.540. The van der Waals surface area contributed by atoms with Crippen molar-refractivity contribution in [3.8, 4) is 0 Å². The molecule has 1 aliphatic rings. The fourth-order valence-corrected chi connectivity index (χ4v) is 3.73. The number of nitrogens with zero attached hydrogens (tertiary/aromatic N) is 1. The van der Waals surface area contributed by atoms with Gasteiger partial charge in [-0.15, -0.1) is 0 Å². The number of nitrogens with two attached hydrogens (primary N) is 1. The van der Waals surface area contributed by atoms with Crippen molar-refractivity contribution in [2.24, 2.45) is 5.73 Å². The third kappa shape index (κ3) is 12.4. The molecule has 3 N–H and O–H groups in total. The minimum Gasteiger partial charge on any atom is -0.361 e. The van der Waals surface area contributed by atoms with Crippen LogP contribution in [0.4, 0.5) is 0 Å². The molecule has 0 aromatic carbocycles. The Morgan fingerprint density at radius 2 is 1.44 bits per heavy atom. The molecule has 0 radical (unpaired) electrons. The Morgan fingerprint density at radius 3 is 2.00 bits per heavy atom. The third-order valence-electron chi connectivity index (χ3n) is 5.36. The van der Waals surface area contributed by atoms with Crippen LogP contribution in [0, 0.1) is 0 Å². The zero-order valence-electron chi connectivity index (χ0n) is 17.0. The second-order valence-electron chi connectivity index (χ2n) is 7.70. The van der Waals surface area contributed by atoms with Gasteiger partial charge in [0.25, 0.3) is 0 Å². The lowest BCUT2D eigenvalue weighted by Gasteiger charge is -2.21. The molecule has 1 rings (SSSR count). The first-order valence-electron chi connectivity index (χ1n) is 11.2. The van der Waals surface area contributed by atoms with Crippen LogP contribution in [0.25, 0.3) is 0 Å². The van der Waals surface area contributed by atoms with Crippen LogP contribution in [-0.4, -0.2) is 30.7 Å². The molecule has 3 heteroatoms. The van der Waals surface area contributed by atoms with Crippen LogP contribution >= 0.6 is 0 Å². The van der Waals surface area contributed by atoms with Gasteiger partial charge in [-0.05, 0) is 32.0 Å². The summed E-state index contributed by atoms with van der Waals surface area (Å²) in [4.78, 5) is 2.41. The normalized spacial score (nSPS) is 17.8. The van der Waals surface area contributed by atoms with Crippen LogP contribution < -0.4 is 11.1 Å². The van der Waals surface area contributed by atoms with Gasteiger partial charge in [-0.2, -0.15) is 0 Å². The van der Waals surface area contributed by atoms with Gasteiger partial charge in [-0.25, -0.2) is 0 Å². The summed E-state index contributed by atoms with van der Waals surface area (Å²) in [6.07, 6.45) is 26.0. The molecule has 1 atom stereocenters. The molecule has 1 fully saturated rings. The Balaban J connectivity index is 1.80. The van der Waals surface area contributed by atoms with E-state index in [1.54, 1.807) is 0 Å². The largest absolute Gasteiger partial charge is 0.361 e. The average molecular weight is 352 g/mol. The number of unbranched alkanes of at least 4 members (excludes halogenated alkanes) is 13. The molecule has 148 valence electrons. The molecule has 1 heterocycles. The first-order chi connectivity index (χ1) is 12.4. The number of rotatable bonds is 17. The molecule has 0 aliphatic carbocycles. The smallest absolute Gasteiger partial charge is 0.0803 e. The number of hydrogen-bond acceptors (Lipinski definition) is 3. The van der Waals surface area contributed by atoms with E-state index in [1.807, 2.05) is 0 Å². The lowest BCUT2D eigenvalue weighted by atomic mass is 10.0. The van der Waals surface area contributed by atoms with Gasteiger partial charge in [0.15, 0.2) is 0 Å². The van der Waals surface area contributed by atoms with E-state index in [4.69, 9.17) is 5.73 Å². The highest BCUT2D eigenvalue weighted by Crippen LogP contribution is 2.13. The molecule has 1 saturated heterocycles. The van der Waals surface area contributed by atoms with Gasteiger partial charge in [-0.3, -0.25) is 5.32 Å². The maximum atomic E-state index is 5.67. The maximum Gasteiger partial charge on any atom is 0.0803 e. The van der Waals surface area contributed by atoms with Crippen LogP contribution in [0.2, 0.25) is 0 Å². The molecule has 1 aliphatic heterocycles. The summed E-state index contributed by atoms with van der Waals surface area (Å²) in [6, 6.07) is 0. The van der Waals surface area contributed by atoms with Crippen molar-refractivity contribution >= 4 is 0 Å². The van der Waals surface area contributed by atoms with Gasteiger partial charge < -0.3 is 10.6 Å². The fourth-order valence-electron chi connectivity index (χ4n) is 3.73. The highest BCUT2D eigenvalue weighted by Gasteiger charge is 2.19. The molecule has 1 unspecified atom stereocenters. The SMILES string of the molecule is CCCCCCCCCCCCCCCC=CN1CCNC1CCN. The average Bonchev–Trinajstić information content (AvgIpc) is 3.06. The van der Waals surface area contributed by atoms with E-state index >= 15 is 0 Å². The Bertz CT molecular complexity index is 304. The summed E-state index contributed by atoms with van der Waals surface area (Å²) in [5.41, 5.74) is 5.67. The summed E-state index contributed by atoms with van der Waals surface area (Å²) >= 11 is 0. The van der Waals surface area contributed by atoms with Crippen molar-refractivity contribution in [3.63, 3.8) is 0 Å². The van der Waals surface area contributed by atoms with E-state index in [2.05, 4.69) is 29.4 Å². The minimum absolute atomic E-state index is 0.466. The van der Waals surface area contributed by atoms with Crippen molar-refractivity contribution in [1.29, 1.82) is 0 Å². The predicted octanol–water partition coefficient (Wildman–Crippen LogP) is 5.56.